The van der Waals surface area contributed by atoms with E-state index in [2.05, 4.69) is 15.4 Å². The second-order valence-corrected chi connectivity index (χ2v) is 3.84. The molecular weight excluding hydrogens is 232 g/mol. The standard InChI is InChI=1S/C12H14N4O2/c1-16-9(3-7-15-16)2-6-14-12(18)10-4-5-13-8-11(10)17/h3-5,7-8,17H,2,6H2,1H3,(H,14,18). The van der Waals surface area contributed by atoms with E-state index in [9.17, 15) is 9.90 Å². The third kappa shape index (κ3) is 2.65. The summed E-state index contributed by atoms with van der Waals surface area (Å²) in [7, 11) is 1.85. The summed E-state index contributed by atoms with van der Waals surface area (Å²) in [4.78, 5) is 15.5. The number of aromatic nitrogens is 3. The van der Waals surface area contributed by atoms with Gasteiger partial charge < -0.3 is 10.4 Å². The van der Waals surface area contributed by atoms with Crippen LogP contribution in [-0.4, -0.2) is 32.3 Å². The molecule has 0 unspecified atom stereocenters. The molecule has 2 N–H and O–H groups in total. The van der Waals surface area contributed by atoms with Gasteiger partial charge in [-0.05, 0) is 12.1 Å². The molecule has 2 heterocycles. The zero-order valence-electron chi connectivity index (χ0n) is 10.00. The number of carbonyl (C=O) groups is 1. The molecule has 2 rings (SSSR count). The quantitative estimate of drug-likeness (QED) is 0.823. The Hall–Kier alpha value is -2.37. The number of hydrogen-bond acceptors (Lipinski definition) is 4. The van der Waals surface area contributed by atoms with E-state index in [1.807, 2.05) is 13.1 Å². The van der Waals surface area contributed by atoms with Gasteiger partial charge in [0, 0.05) is 38.1 Å². The van der Waals surface area contributed by atoms with Gasteiger partial charge in [0.1, 0.15) is 5.75 Å². The van der Waals surface area contributed by atoms with Crippen LogP contribution in [0.2, 0.25) is 0 Å². The van der Waals surface area contributed by atoms with Crippen molar-refractivity contribution in [3.05, 3.63) is 42.0 Å². The van der Waals surface area contributed by atoms with Crippen molar-refractivity contribution in [2.75, 3.05) is 6.54 Å². The van der Waals surface area contributed by atoms with Crippen LogP contribution in [0.25, 0.3) is 0 Å². The minimum absolute atomic E-state index is 0.115. The maximum absolute atomic E-state index is 11.8. The zero-order valence-corrected chi connectivity index (χ0v) is 10.00. The van der Waals surface area contributed by atoms with Gasteiger partial charge >= 0.3 is 0 Å². The first-order valence-corrected chi connectivity index (χ1v) is 5.56. The van der Waals surface area contributed by atoms with Gasteiger partial charge in [-0.25, -0.2) is 0 Å². The Labute approximate surface area is 104 Å². The molecule has 0 fully saturated rings. The Morgan fingerprint density at radius 2 is 2.28 bits per heavy atom. The number of nitrogens with zero attached hydrogens (tertiary/aromatic N) is 3. The highest BCUT2D eigenvalue weighted by Gasteiger charge is 2.10. The molecule has 0 spiro atoms. The SMILES string of the molecule is Cn1nccc1CCNC(=O)c1ccncc1O. The number of rotatable bonds is 4. The highest BCUT2D eigenvalue weighted by atomic mass is 16.3. The van der Waals surface area contributed by atoms with Crippen LogP contribution < -0.4 is 5.32 Å². The van der Waals surface area contributed by atoms with E-state index in [-0.39, 0.29) is 17.2 Å². The third-order valence-corrected chi connectivity index (χ3v) is 2.63. The second kappa shape index (κ2) is 5.31. The van der Waals surface area contributed by atoms with Crippen molar-refractivity contribution in [2.24, 2.45) is 7.05 Å². The molecule has 0 aliphatic heterocycles. The largest absolute Gasteiger partial charge is 0.505 e. The monoisotopic (exact) mass is 246 g/mol. The first-order chi connectivity index (χ1) is 8.68. The van der Waals surface area contributed by atoms with Crippen molar-refractivity contribution in [2.45, 2.75) is 6.42 Å². The van der Waals surface area contributed by atoms with Gasteiger partial charge in [-0.1, -0.05) is 0 Å². The molecule has 0 aliphatic rings. The summed E-state index contributed by atoms with van der Waals surface area (Å²) in [6.07, 6.45) is 5.12. The predicted molar refractivity (Wildman–Crippen MR) is 65.1 cm³/mol. The van der Waals surface area contributed by atoms with Gasteiger partial charge in [-0.15, -0.1) is 0 Å². The molecule has 0 saturated heterocycles. The fourth-order valence-corrected chi connectivity index (χ4v) is 1.62. The average molecular weight is 246 g/mol. The summed E-state index contributed by atoms with van der Waals surface area (Å²) in [6.45, 7) is 0.486. The van der Waals surface area contributed by atoms with E-state index in [0.29, 0.717) is 13.0 Å². The topological polar surface area (TPSA) is 80.0 Å². The van der Waals surface area contributed by atoms with Gasteiger partial charge in [0.15, 0.2) is 0 Å². The second-order valence-electron chi connectivity index (χ2n) is 3.84. The predicted octanol–water partition coefficient (Wildman–Crippen LogP) is 0.493. The van der Waals surface area contributed by atoms with Gasteiger partial charge in [-0.2, -0.15) is 5.10 Å². The van der Waals surface area contributed by atoms with Crippen molar-refractivity contribution in [1.82, 2.24) is 20.1 Å². The summed E-state index contributed by atoms with van der Waals surface area (Å²) < 4.78 is 1.76. The Bertz CT molecular complexity index is 551. The fourth-order valence-electron chi connectivity index (χ4n) is 1.62. The normalized spacial score (nSPS) is 10.3. The molecule has 0 radical (unpaired) electrons. The van der Waals surface area contributed by atoms with Crippen LogP contribution in [0, 0.1) is 0 Å². The first-order valence-electron chi connectivity index (χ1n) is 5.56. The smallest absolute Gasteiger partial charge is 0.255 e. The number of amides is 1. The summed E-state index contributed by atoms with van der Waals surface area (Å²) in [5.74, 6) is -0.424. The molecule has 6 nitrogen and oxygen atoms in total. The van der Waals surface area contributed by atoms with Crippen LogP contribution in [0.3, 0.4) is 0 Å². The van der Waals surface area contributed by atoms with Crippen molar-refractivity contribution >= 4 is 5.91 Å². The van der Waals surface area contributed by atoms with Gasteiger partial charge in [0.2, 0.25) is 0 Å². The van der Waals surface area contributed by atoms with E-state index in [4.69, 9.17) is 0 Å². The van der Waals surface area contributed by atoms with Crippen molar-refractivity contribution in [3.8, 4) is 5.75 Å². The molecular formula is C12H14N4O2. The lowest BCUT2D eigenvalue weighted by molar-refractivity contribution is 0.0951. The molecule has 0 aromatic carbocycles. The van der Waals surface area contributed by atoms with Crippen LogP contribution in [0.1, 0.15) is 16.1 Å². The van der Waals surface area contributed by atoms with Gasteiger partial charge in [0.05, 0.1) is 11.8 Å². The summed E-state index contributed by atoms with van der Waals surface area (Å²) >= 11 is 0. The van der Waals surface area contributed by atoms with Crippen LogP contribution >= 0.6 is 0 Å². The number of nitrogens with one attached hydrogen (secondary N) is 1. The molecule has 0 atom stereocenters. The van der Waals surface area contributed by atoms with Crippen molar-refractivity contribution in [1.29, 1.82) is 0 Å². The van der Waals surface area contributed by atoms with Gasteiger partial charge in [-0.3, -0.25) is 14.5 Å². The number of aromatic hydroxyl groups is 1. The van der Waals surface area contributed by atoms with Crippen molar-refractivity contribution in [3.63, 3.8) is 0 Å². The molecule has 2 aromatic rings. The van der Waals surface area contributed by atoms with Crippen LogP contribution in [0.15, 0.2) is 30.7 Å². The highest BCUT2D eigenvalue weighted by molar-refractivity contribution is 5.96. The lowest BCUT2D eigenvalue weighted by Crippen LogP contribution is -2.26. The van der Waals surface area contributed by atoms with E-state index in [1.165, 1.54) is 18.5 Å². The third-order valence-electron chi connectivity index (χ3n) is 2.63. The van der Waals surface area contributed by atoms with E-state index in [0.717, 1.165) is 5.69 Å². The van der Waals surface area contributed by atoms with E-state index >= 15 is 0 Å². The van der Waals surface area contributed by atoms with Crippen LogP contribution in [0.5, 0.6) is 5.75 Å². The van der Waals surface area contributed by atoms with E-state index in [1.54, 1.807) is 10.9 Å². The highest BCUT2D eigenvalue weighted by Crippen LogP contribution is 2.13. The maximum Gasteiger partial charge on any atom is 0.255 e. The van der Waals surface area contributed by atoms with Crippen molar-refractivity contribution < 1.29 is 9.90 Å². The number of carbonyl (C=O) groups excluding carboxylic acids is 1. The average Bonchev–Trinajstić information content (AvgIpc) is 2.75. The molecule has 0 saturated carbocycles. The van der Waals surface area contributed by atoms with Gasteiger partial charge in [0.25, 0.3) is 5.91 Å². The lowest BCUT2D eigenvalue weighted by atomic mass is 10.2. The van der Waals surface area contributed by atoms with Crippen LogP contribution in [-0.2, 0) is 13.5 Å². The minimum Gasteiger partial charge on any atom is -0.505 e. The summed E-state index contributed by atoms with van der Waals surface area (Å²) in [5.41, 5.74) is 1.27. The Kier molecular flexibility index (Phi) is 3.57. The number of hydrogen-bond donors (Lipinski definition) is 2. The number of aryl methyl sites for hydroxylation is 1. The molecule has 1 amide bonds. The molecule has 2 aromatic heterocycles. The summed E-state index contributed by atoms with van der Waals surface area (Å²) in [6, 6.07) is 3.38. The minimum atomic E-state index is -0.308. The van der Waals surface area contributed by atoms with E-state index < -0.39 is 0 Å². The molecule has 18 heavy (non-hydrogen) atoms. The summed E-state index contributed by atoms with van der Waals surface area (Å²) in [5, 5.41) is 16.3. The maximum atomic E-state index is 11.8. The number of pyridine rings is 1. The zero-order chi connectivity index (χ0) is 13.0. The Morgan fingerprint density at radius 3 is 2.94 bits per heavy atom. The Morgan fingerprint density at radius 1 is 1.44 bits per heavy atom. The first kappa shape index (κ1) is 12.1. The Balaban J connectivity index is 1.90. The lowest BCUT2D eigenvalue weighted by Gasteiger charge is -2.06. The molecule has 94 valence electrons. The fraction of sp³-hybridized carbons (Fsp3) is 0.250. The molecule has 6 heteroatoms. The van der Waals surface area contributed by atoms with Crippen LogP contribution in [0.4, 0.5) is 0 Å². The molecule has 0 aliphatic carbocycles. The molecule has 0 bridgehead atoms.